The maximum Gasteiger partial charge on any atom is 0.326 e. The first-order chi connectivity index (χ1) is 7.99. The fourth-order valence-corrected chi connectivity index (χ4v) is 1.04. The number of rotatable bonds is 6. The molecule has 1 rings (SSSR count). The Kier molecular flexibility index (Phi) is 4.08. The molecule has 0 bridgehead atoms. The first kappa shape index (κ1) is 12.5. The molecule has 0 saturated heterocycles. The lowest BCUT2D eigenvalue weighted by atomic mass is 10.2. The minimum absolute atomic E-state index is 0.241. The quantitative estimate of drug-likeness (QED) is 0.484. The minimum Gasteiger partial charge on any atom is -0.480 e. The van der Waals surface area contributed by atoms with Crippen LogP contribution in [-0.2, 0) is 20.9 Å². The summed E-state index contributed by atoms with van der Waals surface area (Å²) >= 11 is 0. The highest BCUT2D eigenvalue weighted by Gasteiger charge is 2.22. The number of hydrogen-bond acceptors (Lipinski definition) is 6. The molecule has 0 aliphatic carbocycles. The number of primary amides is 1. The number of tetrazole rings is 1. The lowest BCUT2D eigenvalue weighted by Gasteiger charge is -2.12. The third-order valence-electron chi connectivity index (χ3n) is 1.74. The predicted molar refractivity (Wildman–Crippen MR) is 51.2 cm³/mol. The molecule has 10 nitrogen and oxygen atoms in total. The van der Waals surface area contributed by atoms with Crippen molar-refractivity contribution in [2.75, 3.05) is 0 Å². The van der Waals surface area contributed by atoms with Crippen molar-refractivity contribution in [1.29, 1.82) is 0 Å². The smallest absolute Gasteiger partial charge is 0.326 e. The Hall–Kier alpha value is -2.52. The number of carboxylic acid groups (broad SMARTS) is 1. The highest BCUT2D eigenvalue weighted by Crippen LogP contribution is 1.92. The standard InChI is InChI=1S/C7H10N6O4/c8-5(14)1-4(7(16)17)10-6(15)2-13-3-9-11-12-13/h3-4H,1-2H2,(H2,8,14)(H,10,15)(H,16,17)/t4-/m1/s1. The maximum absolute atomic E-state index is 11.4. The Balaban J connectivity index is 2.52. The SMILES string of the molecule is NC(=O)C[C@@H](NC(=O)Cn1cnnn1)C(=O)O. The van der Waals surface area contributed by atoms with E-state index in [1.54, 1.807) is 0 Å². The number of aliphatic carboxylic acids is 1. The van der Waals surface area contributed by atoms with Gasteiger partial charge in [0.2, 0.25) is 11.8 Å². The van der Waals surface area contributed by atoms with E-state index in [9.17, 15) is 14.4 Å². The molecule has 4 N–H and O–H groups in total. The second-order valence-corrected chi connectivity index (χ2v) is 3.14. The van der Waals surface area contributed by atoms with Gasteiger partial charge in [-0.05, 0) is 10.4 Å². The summed E-state index contributed by atoms with van der Waals surface area (Å²) in [6.45, 7) is -0.241. The number of carboxylic acids is 1. The molecule has 17 heavy (non-hydrogen) atoms. The van der Waals surface area contributed by atoms with Gasteiger partial charge >= 0.3 is 5.97 Å². The molecule has 2 amide bonds. The molecule has 1 atom stereocenters. The fourth-order valence-electron chi connectivity index (χ4n) is 1.04. The molecule has 1 heterocycles. The largest absolute Gasteiger partial charge is 0.480 e. The lowest BCUT2D eigenvalue weighted by Crippen LogP contribution is -2.44. The second-order valence-electron chi connectivity index (χ2n) is 3.14. The van der Waals surface area contributed by atoms with Crippen LogP contribution < -0.4 is 11.1 Å². The molecule has 0 spiro atoms. The van der Waals surface area contributed by atoms with E-state index in [0.29, 0.717) is 0 Å². The van der Waals surface area contributed by atoms with Crippen molar-refractivity contribution in [2.24, 2.45) is 5.73 Å². The molecule has 1 aromatic heterocycles. The van der Waals surface area contributed by atoms with Crippen molar-refractivity contribution in [1.82, 2.24) is 25.5 Å². The van der Waals surface area contributed by atoms with E-state index in [4.69, 9.17) is 10.8 Å². The summed E-state index contributed by atoms with van der Waals surface area (Å²) in [7, 11) is 0. The number of amides is 2. The van der Waals surface area contributed by atoms with E-state index >= 15 is 0 Å². The van der Waals surface area contributed by atoms with Gasteiger partial charge in [0.05, 0.1) is 6.42 Å². The summed E-state index contributed by atoms with van der Waals surface area (Å²) in [5.41, 5.74) is 4.85. The van der Waals surface area contributed by atoms with E-state index in [-0.39, 0.29) is 6.54 Å². The number of nitrogens with two attached hydrogens (primary N) is 1. The van der Waals surface area contributed by atoms with Crippen LogP contribution in [0.25, 0.3) is 0 Å². The number of nitrogens with zero attached hydrogens (tertiary/aromatic N) is 4. The van der Waals surface area contributed by atoms with Crippen LogP contribution >= 0.6 is 0 Å². The van der Waals surface area contributed by atoms with E-state index in [1.165, 1.54) is 6.33 Å². The summed E-state index contributed by atoms with van der Waals surface area (Å²) in [5, 5.41) is 20.9. The highest BCUT2D eigenvalue weighted by atomic mass is 16.4. The number of carbonyl (C=O) groups is 3. The summed E-state index contributed by atoms with van der Waals surface area (Å²) in [5.74, 6) is -2.79. The summed E-state index contributed by atoms with van der Waals surface area (Å²) < 4.78 is 1.11. The normalized spacial score (nSPS) is 11.8. The summed E-state index contributed by atoms with van der Waals surface area (Å²) in [6.07, 6.45) is 0.722. The monoisotopic (exact) mass is 242 g/mol. The predicted octanol–water partition coefficient (Wildman–Crippen LogP) is -2.88. The van der Waals surface area contributed by atoms with Crippen molar-refractivity contribution in [3.8, 4) is 0 Å². The molecular weight excluding hydrogens is 232 g/mol. The Morgan fingerprint density at radius 2 is 2.18 bits per heavy atom. The molecule has 0 aromatic carbocycles. The molecule has 92 valence electrons. The average Bonchev–Trinajstić information content (AvgIpc) is 2.68. The van der Waals surface area contributed by atoms with E-state index in [1.807, 2.05) is 0 Å². The zero-order valence-corrected chi connectivity index (χ0v) is 8.61. The number of carbonyl (C=O) groups excluding carboxylic acids is 2. The maximum atomic E-state index is 11.4. The van der Waals surface area contributed by atoms with Gasteiger partial charge in [-0.15, -0.1) is 5.10 Å². The lowest BCUT2D eigenvalue weighted by molar-refractivity contribution is -0.143. The van der Waals surface area contributed by atoms with Crippen molar-refractivity contribution in [3.63, 3.8) is 0 Å². The zero-order chi connectivity index (χ0) is 12.8. The Morgan fingerprint density at radius 1 is 1.47 bits per heavy atom. The van der Waals surface area contributed by atoms with Crippen LogP contribution in [-0.4, -0.2) is 49.1 Å². The van der Waals surface area contributed by atoms with Gasteiger partial charge in [0.25, 0.3) is 0 Å². The van der Waals surface area contributed by atoms with Crippen molar-refractivity contribution < 1.29 is 19.5 Å². The number of aromatic nitrogens is 4. The number of nitrogens with one attached hydrogen (secondary N) is 1. The average molecular weight is 242 g/mol. The molecule has 10 heteroatoms. The molecule has 0 radical (unpaired) electrons. The molecule has 0 fully saturated rings. The van der Waals surface area contributed by atoms with Crippen LogP contribution in [0.15, 0.2) is 6.33 Å². The first-order valence-corrected chi connectivity index (χ1v) is 4.50. The van der Waals surface area contributed by atoms with Crippen molar-refractivity contribution in [2.45, 2.75) is 19.0 Å². The fraction of sp³-hybridized carbons (Fsp3) is 0.429. The van der Waals surface area contributed by atoms with Gasteiger partial charge in [-0.1, -0.05) is 0 Å². The zero-order valence-electron chi connectivity index (χ0n) is 8.61. The van der Waals surface area contributed by atoms with Gasteiger partial charge in [0, 0.05) is 0 Å². The van der Waals surface area contributed by atoms with Gasteiger partial charge in [-0.2, -0.15) is 0 Å². The second kappa shape index (κ2) is 5.53. The molecule has 0 aliphatic rings. The molecule has 1 aromatic rings. The van der Waals surface area contributed by atoms with E-state index in [2.05, 4.69) is 20.8 Å². The van der Waals surface area contributed by atoms with Gasteiger partial charge in [-0.3, -0.25) is 9.59 Å². The number of hydrogen-bond donors (Lipinski definition) is 3. The third kappa shape index (κ3) is 4.24. The van der Waals surface area contributed by atoms with E-state index in [0.717, 1.165) is 4.68 Å². The van der Waals surface area contributed by atoms with Gasteiger partial charge in [0.15, 0.2) is 0 Å². The van der Waals surface area contributed by atoms with Crippen LogP contribution in [0.2, 0.25) is 0 Å². The van der Waals surface area contributed by atoms with Gasteiger partial charge < -0.3 is 16.2 Å². The molecule has 0 saturated carbocycles. The van der Waals surface area contributed by atoms with E-state index < -0.39 is 30.2 Å². The van der Waals surface area contributed by atoms with Crippen LogP contribution in [0.4, 0.5) is 0 Å². The van der Waals surface area contributed by atoms with Crippen LogP contribution in [0.3, 0.4) is 0 Å². The van der Waals surface area contributed by atoms with Crippen molar-refractivity contribution in [3.05, 3.63) is 6.33 Å². The van der Waals surface area contributed by atoms with Gasteiger partial charge in [-0.25, -0.2) is 9.48 Å². The van der Waals surface area contributed by atoms with Crippen LogP contribution in [0.5, 0.6) is 0 Å². The minimum atomic E-state index is -1.35. The summed E-state index contributed by atoms with van der Waals surface area (Å²) in [4.78, 5) is 32.6. The first-order valence-electron chi connectivity index (χ1n) is 4.50. The molecular formula is C7H10N6O4. The van der Waals surface area contributed by atoms with Crippen LogP contribution in [0.1, 0.15) is 6.42 Å². The Bertz CT molecular complexity index is 416. The van der Waals surface area contributed by atoms with Gasteiger partial charge in [0.1, 0.15) is 18.9 Å². The van der Waals surface area contributed by atoms with Crippen LogP contribution in [0, 0.1) is 0 Å². The summed E-state index contributed by atoms with van der Waals surface area (Å²) in [6, 6.07) is -1.35. The molecule has 0 aliphatic heterocycles. The highest BCUT2D eigenvalue weighted by molar-refractivity contribution is 5.87. The van der Waals surface area contributed by atoms with Crippen molar-refractivity contribution >= 4 is 17.8 Å². The Labute approximate surface area is 94.8 Å². The third-order valence-corrected chi connectivity index (χ3v) is 1.74. The molecule has 0 unspecified atom stereocenters. The Morgan fingerprint density at radius 3 is 2.65 bits per heavy atom. The topological polar surface area (TPSA) is 153 Å².